The predicted molar refractivity (Wildman–Crippen MR) is 142 cm³/mol. The molecule has 0 fully saturated rings. The monoisotopic (exact) mass is 571 g/mol. The number of hydrogen-bond acceptors (Lipinski definition) is 6. The van der Waals surface area contributed by atoms with Crippen LogP contribution < -0.4 is 15.5 Å². The predicted octanol–water partition coefficient (Wildman–Crippen LogP) is 5.96. The molecule has 0 aromatic heterocycles. The molecular formula is C28H21ClF3N3O5. The van der Waals surface area contributed by atoms with Gasteiger partial charge in [0, 0.05) is 11.3 Å². The third kappa shape index (κ3) is 5.99. The van der Waals surface area contributed by atoms with Gasteiger partial charge in [-0.25, -0.2) is 9.69 Å². The van der Waals surface area contributed by atoms with Crippen molar-refractivity contribution in [3.8, 4) is 0 Å². The van der Waals surface area contributed by atoms with E-state index in [2.05, 4.69) is 10.6 Å². The number of halogens is 4. The van der Waals surface area contributed by atoms with Crippen LogP contribution in [-0.4, -0.2) is 30.3 Å². The van der Waals surface area contributed by atoms with Gasteiger partial charge in [0.1, 0.15) is 10.7 Å². The Labute approximate surface area is 231 Å². The van der Waals surface area contributed by atoms with E-state index in [1.807, 2.05) is 6.92 Å². The highest BCUT2D eigenvalue weighted by molar-refractivity contribution is 6.53. The minimum Gasteiger partial charge on any atom is -0.462 e. The molecule has 40 heavy (non-hydrogen) atoms. The van der Waals surface area contributed by atoms with Gasteiger partial charge in [-0.05, 0) is 67.1 Å². The van der Waals surface area contributed by atoms with Crippen LogP contribution in [0, 0.1) is 0 Å². The largest absolute Gasteiger partial charge is 0.462 e. The molecule has 8 nitrogen and oxygen atoms in total. The number of anilines is 3. The maximum atomic E-state index is 13.2. The zero-order valence-electron chi connectivity index (χ0n) is 20.8. The quantitative estimate of drug-likeness (QED) is 0.255. The average Bonchev–Trinajstić information content (AvgIpc) is 3.14. The molecule has 0 unspecified atom stereocenters. The Morgan fingerprint density at radius 1 is 0.900 bits per heavy atom. The fourth-order valence-corrected chi connectivity index (χ4v) is 3.97. The van der Waals surface area contributed by atoms with E-state index >= 15 is 0 Å². The molecule has 1 aliphatic rings. The fraction of sp³-hybridized carbons (Fsp3) is 0.143. The average molecular weight is 572 g/mol. The molecule has 0 atom stereocenters. The van der Waals surface area contributed by atoms with Gasteiger partial charge in [-0.1, -0.05) is 30.7 Å². The fourth-order valence-electron chi connectivity index (χ4n) is 3.75. The first kappa shape index (κ1) is 28.4. The molecule has 3 aromatic carbocycles. The van der Waals surface area contributed by atoms with E-state index < -0.39 is 35.4 Å². The molecule has 3 aromatic rings. The highest BCUT2D eigenvalue weighted by Crippen LogP contribution is 2.35. The molecule has 0 spiro atoms. The van der Waals surface area contributed by atoms with Gasteiger partial charge < -0.3 is 15.4 Å². The van der Waals surface area contributed by atoms with Gasteiger partial charge in [-0.3, -0.25) is 14.4 Å². The van der Waals surface area contributed by atoms with Crippen LogP contribution >= 0.6 is 11.6 Å². The number of carbonyl (C=O) groups excluding carboxylic acids is 4. The van der Waals surface area contributed by atoms with E-state index in [0.29, 0.717) is 6.42 Å². The van der Waals surface area contributed by atoms with Gasteiger partial charge >= 0.3 is 12.1 Å². The Morgan fingerprint density at radius 2 is 1.52 bits per heavy atom. The molecule has 1 heterocycles. The molecule has 1 aliphatic heterocycles. The number of carbonyl (C=O) groups is 4. The number of esters is 1. The van der Waals surface area contributed by atoms with Crippen LogP contribution in [-0.2, 0) is 20.5 Å². The Hall–Kier alpha value is -4.64. The molecule has 2 N–H and O–H groups in total. The summed E-state index contributed by atoms with van der Waals surface area (Å²) in [6.45, 7) is 2.12. The Bertz CT molecular complexity index is 1500. The van der Waals surface area contributed by atoms with Crippen LogP contribution in [0.2, 0.25) is 0 Å². The Morgan fingerprint density at radius 3 is 2.15 bits per heavy atom. The minimum absolute atomic E-state index is 0.0515. The van der Waals surface area contributed by atoms with E-state index in [9.17, 15) is 32.3 Å². The van der Waals surface area contributed by atoms with Gasteiger partial charge in [0.05, 0.1) is 29.1 Å². The van der Waals surface area contributed by atoms with Crippen LogP contribution in [0.3, 0.4) is 0 Å². The number of amides is 3. The molecule has 12 heteroatoms. The first-order valence-electron chi connectivity index (χ1n) is 11.9. The summed E-state index contributed by atoms with van der Waals surface area (Å²) in [7, 11) is 0. The van der Waals surface area contributed by atoms with Crippen LogP contribution in [0.25, 0.3) is 0 Å². The molecule has 3 amide bonds. The summed E-state index contributed by atoms with van der Waals surface area (Å²) >= 11 is 6.16. The zero-order valence-corrected chi connectivity index (χ0v) is 21.6. The lowest BCUT2D eigenvalue weighted by Gasteiger charge is -2.16. The molecule has 4 rings (SSSR count). The summed E-state index contributed by atoms with van der Waals surface area (Å²) in [4.78, 5) is 51.2. The zero-order chi connectivity index (χ0) is 29.0. The summed E-state index contributed by atoms with van der Waals surface area (Å²) in [6, 6.07) is 15.7. The number of benzene rings is 3. The van der Waals surface area contributed by atoms with E-state index in [1.165, 1.54) is 60.7 Å². The maximum Gasteiger partial charge on any atom is 0.418 e. The van der Waals surface area contributed by atoms with Crippen LogP contribution in [0.4, 0.5) is 30.2 Å². The van der Waals surface area contributed by atoms with Crippen molar-refractivity contribution in [2.75, 3.05) is 22.1 Å². The van der Waals surface area contributed by atoms with Crippen molar-refractivity contribution in [1.82, 2.24) is 0 Å². The van der Waals surface area contributed by atoms with Gasteiger partial charge in [-0.15, -0.1) is 0 Å². The summed E-state index contributed by atoms with van der Waals surface area (Å²) in [6.07, 6.45) is -3.99. The third-order valence-electron chi connectivity index (χ3n) is 5.72. The summed E-state index contributed by atoms with van der Waals surface area (Å²) < 4.78 is 44.7. The van der Waals surface area contributed by atoms with Crippen LogP contribution in [0.5, 0.6) is 0 Å². The summed E-state index contributed by atoms with van der Waals surface area (Å²) in [5.74, 6) is -2.84. The van der Waals surface area contributed by atoms with Crippen molar-refractivity contribution < 1.29 is 37.1 Å². The number of nitrogens with one attached hydrogen (secondary N) is 2. The number of alkyl halides is 3. The van der Waals surface area contributed by atoms with Crippen molar-refractivity contribution in [1.29, 1.82) is 0 Å². The highest BCUT2D eigenvalue weighted by atomic mass is 35.5. The van der Waals surface area contributed by atoms with Crippen molar-refractivity contribution in [3.05, 3.63) is 100 Å². The normalized spacial score (nSPS) is 13.5. The number of rotatable bonds is 8. The number of ether oxygens (including phenoxy) is 1. The second-order valence-corrected chi connectivity index (χ2v) is 8.90. The smallest absolute Gasteiger partial charge is 0.418 e. The van der Waals surface area contributed by atoms with Crippen molar-refractivity contribution in [2.24, 2.45) is 0 Å². The highest BCUT2D eigenvalue weighted by Gasteiger charge is 2.39. The molecule has 0 aliphatic carbocycles. The van der Waals surface area contributed by atoms with Crippen LogP contribution in [0.15, 0.2) is 83.5 Å². The molecule has 0 saturated carbocycles. The molecular weight excluding hydrogens is 551 g/mol. The van der Waals surface area contributed by atoms with E-state index in [0.717, 1.165) is 17.0 Å². The lowest BCUT2D eigenvalue weighted by Crippen LogP contribution is -2.32. The summed E-state index contributed by atoms with van der Waals surface area (Å²) in [5.41, 5.74) is -0.811. The van der Waals surface area contributed by atoms with E-state index in [1.54, 1.807) is 0 Å². The molecule has 0 radical (unpaired) electrons. The number of hydrogen-bond donors (Lipinski definition) is 2. The van der Waals surface area contributed by atoms with Gasteiger partial charge in [0.2, 0.25) is 0 Å². The topological polar surface area (TPSA) is 105 Å². The first-order chi connectivity index (χ1) is 19.0. The third-order valence-corrected chi connectivity index (χ3v) is 6.07. The second-order valence-electron chi connectivity index (χ2n) is 8.52. The van der Waals surface area contributed by atoms with Gasteiger partial charge in [0.25, 0.3) is 17.7 Å². The van der Waals surface area contributed by atoms with Gasteiger partial charge in [0.15, 0.2) is 0 Å². The summed E-state index contributed by atoms with van der Waals surface area (Å²) in [5, 5.41) is 4.62. The lowest BCUT2D eigenvalue weighted by molar-refractivity contribution is -0.137. The van der Waals surface area contributed by atoms with E-state index in [4.69, 9.17) is 16.3 Å². The van der Waals surface area contributed by atoms with Crippen LogP contribution in [0.1, 0.15) is 39.6 Å². The van der Waals surface area contributed by atoms with Crippen molar-refractivity contribution in [3.63, 3.8) is 0 Å². The Kier molecular flexibility index (Phi) is 8.24. The minimum atomic E-state index is -4.65. The van der Waals surface area contributed by atoms with Gasteiger partial charge in [-0.2, -0.15) is 13.2 Å². The standard InChI is InChI=1S/C28H21ClF3N3O5/c1-2-15-40-27(39)17-9-13-19(14-10-17)35-25(37)22(29)23(26(35)38)33-18-11-7-16(8-12-18)24(36)34-21-6-4-3-5-20(21)28(30,31)32/h3-14,33H,2,15H2,1H3,(H,34,36). The number of nitrogens with zero attached hydrogens (tertiary/aromatic N) is 1. The second kappa shape index (κ2) is 11.6. The molecule has 206 valence electrons. The first-order valence-corrected chi connectivity index (χ1v) is 12.3. The van der Waals surface area contributed by atoms with Crippen molar-refractivity contribution >= 4 is 52.4 Å². The maximum absolute atomic E-state index is 13.2. The van der Waals surface area contributed by atoms with E-state index in [-0.39, 0.29) is 45.5 Å². The Balaban J connectivity index is 1.45. The number of para-hydroxylation sites is 1. The molecule has 0 bridgehead atoms. The molecule has 0 saturated heterocycles. The number of imide groups is 1. The SMILES string of the molecule is CCCOC(=O)c1ccc(N2C(=O)C(Cl)=C(Nc3ccc(C(=O)Nc4ccccc4C(F)(F)F)cc3)C2=O)cc1. The van der Waals surface area contributed by atoms with Crippen molar-refractivity contribution in [2.45, 2.75) is 19.5 Å². The lowest BCUT2D eigenvalue weighted by atomic mass is 10.1.